The van der Waals surface area contributed by atoms with E-state index in [9.17, 15) is 14.4 Å². The summed E-state index contributed by atoms with van der Waals surface area (Å²) < 4.78 is 1.25. The lowest BCUT2D eigenvalue weighted by atomic mass is 10.0. The number of likely N-dealkylation sites (tertiary alicyclic amines) is 1. The average Bonchev–Trinajstić information content (AvgIpc) is 2.69. The molecule has 1 amide bonds. The lowest BCUT2D eigenvalue weighted by molar-refractivity contribution is -0.133. The van der Waals surface area contributed by atoms with E-state index < -0.39 is 0 Å². The number of H-pyrrole nitrogens is 1. The third kappa shape index (κ3) is 4.13. The zero-order valence-corrected chi connectivity index (χ0v) is 16.3. The Morgan fingerprint density at radius 1 is 1.19 bits per heavy atom. The fraction of sp³-hybridized carbons (Fsp3) is 0.550. The Balaban J connectivity index is 1.64. The first-order valence-electron chi connectivity index (χ1n) is 9.60. The molecule has 7 heteroatoms. The summed E-state index contributed by atoms with van der Waals surface area (Å²) in [6.07, 6.45) is 2.12. The predicted octanol–water partition coefficient (Wildman–Crippen LogP) is 1.41. The molecule has 1 saturated heterocycles. The van der Waals surface area contributed by atoms with Crippen molar-refractivity contribution in [3.05, 3.63) is 45.0 Å². The summed E-state index contributed by atoms with van der Waals surface area (Å²) in [5, 5.41) is 3.33. The van der Waals surface area contributed by atoms with Crippen LogP contribution in [-0.2, 0) is 11.3 Å². The van der Waals surface area contributed by atoms with Crippen molar-refractivity contribution < 1.29 is 4.79 Å². The molecule has 0 aliphatic carbocycles. The summed E-state index contributed by atoms with van der Waals surface area (Å²) in [6, 6.07) is 7.49. The van der Waals surface area contributed by atoms with Gasteiger partial charge in [-0.3, -0.25) is 19.5 Å². The van der Waals surface area contributed by atoms with Gasteiger partial charge in [0.1, 0.15) is 0 Å². The smallest absolute Gasteiger partial charge is 0.273 e. The second-order valence-corrected chi connectivity index (χ2v) is 7.56. The van der Waals surface area contributed by atoms with E-state index >= 15 is 0 Å². The fourth-order valence-corrected chi connectivity index (χ4v) is 3.78. The molecule has 1 aliphatic heterocycles. The van der Waals surface area contributed by atoms with Gasteiger partial charge in [-0.15, -0.1) is 0 Å². The van der Waals surface area contributed by atoms with Crippen molar-refractivity contribution in [2.24, 2.45) is 0 Å². The summed E-state index contributed by atoms with van der Waals surface area (Å²) in [6.45, 7) is 6.55. The molecule has 3 rings (SSSR count). The molecule has 1 aliphatic rings. The number of benzene rings is 1. The molecular formula is C20H28N4O3. The second kappa shape index (κ2) is 8.08. The minimum absolute atomic E-state index is 0.00101. The Morgan fingerprint density at radius 3 is 2.44 bits per heavy atom. The van der Waals surface area contributed by atoms with E-state index in [1.165, 1.54) is 4.68 Å². The molecule has 0 radical (unpaired) electrons. The van der Waals surface area contributed by atoms with E-state index in [2.05, 4.69) is 23.8 Å². The number of carbonyl (C=O) groups is 1. The van der Waals surface area contributed by atoms with Crippen LogP contribution in [0.5, 0.6) is 0 Å². The van der Waals surface area contributed by atoms with Crippen LogP contribution in [0.25, 0.3) is 10.8 Å². The highest BCUT2D eigenvalue weighted by Crippen LogP contribution is 2.18. The number of aromatic amines is 1. The number of hydrogen-bond donors (Lipinski definition) is 1. The van der Waals surface area contributed by atoms with Crippen molar-refractivity contribution in [2.75, 3.05) is 20.1 Å². The molecular weight excluding hydrogens is 344 g/mol. The molecule has 0 unspecified atom stereocenters. The SMILES string of the molecule is CC(C)N1CCC(N(C)C(=O)CCn2[nH]c(=O)c3ccccc3c2=O)CC1. The molecule has 1 fully saturated rings. The van der Waals surface area contributed by atoms with Crippen molar-refractivity contribution in [1.82, 2.24) is 19.6 Å². The van der Waals surface area contributed by atoms with Crippen LogP contribution in [0, 0.1) is 0 Å². The van der Waals surface area contributed by atoms with Crippen molar-refractivity contribution in [3.63, 3.8) is 0 Å². The van der Waals surface area contributed by atoms with Gasteiger partial charge in [-0.1, -0.05) is 12.1 Å². The minimum atomic E-state index is -0.313. The lowest BCUT2D eigenvalue weighted by Crippen LogP contribution is -2.47. The molecule has 0 atom stereocenters. The van der Waals surface area contributed by atoms with Crippen LogP contribution in [-0.4, -0.2) is 57.7 Å². The number of fused-ring (bicyclic) bond motifs is 1. The highest BCUT2D eigenvalue weighted by atomic mass is 16.2. The molecule has 0 saturated carbocycles. The van der Waals surface area contributed by atoms with Crippen LogP contribution in [0.3, 0.4) is 0 Å². The van der Waals surface area contributed by atoms with Gasteiger partial charge >= 0.3 is 0 Å². The molecule has 0 bridgehead atoms. The minimum Gasteiger partial charge on any atom is -0.343 e. The van der Waals surface area contributed by atoms with Gasteiger partial charge in [0.2, 0.25) is 5.91 Å². The number of nitrogens with zero attached hydrogens (tertiary/aromatic N) is 3. The number of aromatic nitrogens is 2. The third-order valence-corrected chi connectivity index (χ3v) is 5.60. The largest absolute Gasteiger partial charge is 0.343 e. The van der Waals surface area contributed by atoms with E-state index in [4.69, 9.17) is 0 Å². The van der Waals surface area contributed by atoms with E-state index in [1.54, 1.807) is 24.3 Å². The summed E-state index contributed by atoms with van der Waals surface area (Å²) in [7, 11) is 1.84. The quantitative estimate of drug-likeness (QED) is 0.861. The summed E-state index contributed by atoms with van der Waals surface area (Å²) >= 11 is 0. The lowest BCUT2D eigenvalue weighted by Gasteiger charge is -2.38. The van der Waals surface area contributed by atoms with E-state index in [0.29, 0.717) is 16.8 Å². The zero-order valence-electron chi connectivity index (χ0n) is 16.3. The Labute approximate surface area is 158 Å². The maximum atomic E-state index is 12.6. The standard InChI is InChI=1S/C20H28N4O3/c1-14(2)23-11-8-15(9-12-23)22(3)18(25)10-13-24-20(27)17-7-5-4-6-16(17)19(26)21-24/h4-7,14-15H,8-13H2,1-3H3,(H,21,26). The van der Waals surface area contributed by atoms with E-state index in [0.717, 1.165) is 25.9 Å². The average molecular weight is 372 g/mol. The van der Waals surface area contributed by atoms with Crippen molar-refractivity contribution in [2.45, 2.75) is 51.7 Å². The number of rotatable bonds is 5. The van der Waals surface area contributed by atoms with Crippen molar-refractivity contribution in [3.8, 4) is 0 Å². The van der Waals surface area contributed by atoms with Gasteiger partial charge in [0.25, 0.3) is 11.1 Å². The molecule has 146 valence electrons. The maximum Gasteiger partial charge on any atom is 0.273 e. The Kier molecular flexibility index (Phi) is 5.79. The van der Waals surface area contributed by atoms with Crippen LogP contribution in [0.2, 0.25) is 0 Å². The maximum absolute atomic E-state index is 12.6. The van der Waals surface area contributed by atoms with Gasteiger partial charge < -0.3 is 9.80 Å². The van der Waals surface area contributed by atoms with Crippen LogP contribution < -0.4 is 11.1 Å². The number of hydrogen-bond acceptors (Lipinski definition) is 4. The van der Waals surface area contributed by atoms with Crippen LogP contribution in [0.15, 0.2) is 33.9 Å². The molecule has 1 aromatic carbocycles. The fourth-order valence-electron chi connectivity index (χ4n) is 3.78. The predicted molar refractivity (Wildman–Crippen MR) is 106 cm³/mol. The first-order valence-corrected chi connectivity index (χ1v) is 9.60. The van der Waals surface area contributed by atoms with Crippen molar-refractivity contribution >= 4 is 16.7 Å². The molecule has 1 N–H and O–H groups in total. The molecule has 2 heterocycles. The highest BCUT2D eigenvalue weighted by molar-refractivity contribution is 5.80. The van der Waals surface area contributed by atoms with Crippen LogP contribution >= 0.6 is 0 Å². The topological polar surface area (TPSA) is 78.4 Å². The molecule has 27 heavy (non-hydrogen) atoms. The summed E-state index contributed by atoms with van der Waals surface area (Å²) in [4.78, 5) is 41.5. The number of aryl methyl sites for hydroxylation is 1. The van der Waals surface area contributed by atoms with E-state index in [-0.39, 0.29) is 36.0 Å². The first kappa shape index (κ1) is 19.4. The van der Waals surface area contributed by atoms with Gasteiger partial charge in [0, 0.05) is 38.6 Å². The zero-order chi connectivity index (χ0) is 19.6. The van der Waals surface area contributed by atoms with Crippen molar-refractivity contribution in [1.29, 1.82) is 0 Å². The number of amides is 1. The molecule has 7 nitrogen and oxygen atoms in total. The summed E-state index contributed by atoms with van der Waals surface area (Å²) in [5.41, 5.74) is -0.585. The number of nitrogens with one attached hydrogen (secondary N) is 1. The normalized spacial score (nSPS) is 16.1. The van der Waals surface area contributed by atoms with Gasteiger partial charge in [0.05, 0.1) is 17.3 Å². The van der Waals surface area contributed by atoms with Gasteiger partial charge in [-0.2, -0.15) is 0 Å². The Bertz CT molecular complexity index is 923. The monoisotopic (exact) mass is 372 g/mol. The first-order chi connectivity index (χ1) is 12.9. The second-order valence-electron chi connectivity index (χ2n) is 7.56. The Hall–Kier alpha value is -2.41. The van der Waals surface area contributed by atoms with Gasteiger partial charge in [-0.25, -0.2) is 4.68 Å². The molecule has 2 aromatic rings. The van der Waals surface area contributed by atoms with Gasteiger partial charge in [0.15, 0.2) is 0 Å². The van der Waals surface area contributed by atoms with E-state index in [1.807, 2.05) is 11.9 Å². The van der Waals surface area contributed by atoms with Gasteiger partial charge in [-0.05, 0) is 38.8 Å². The molecule has 0 spiro atoms. The summed E-state index contributed by atoms with van der Waals surface area (Å²) in [5.74, 6) is -0.00101. The Morgan fingerprint density at radius 2 is 1.81 bits per heavy atom. The third-order valence-electron chi connectivity index (χ3n) is 5.60. The van der Waals surface area contributed by atoms with Crippen LogP contribution in [0.4, 0.5) is 0 Å². The molecule has 1 aromatic heterocycles. The number of carbonyl (C=O) groups excluding carboxylic acids is 1. The van der Waals surface area contributed by atoms with Crippen LogP contribution in [0.1, 0.15) is 33.1 Å². The highest BCUT2D eigenvalue weighted by Gasteiger charge is 2.26. The number of piperidine rings is 1.